The fraction of sp³-hybridized carbons (Fsp3) is 0.233. The van der Waals surface area contributed by atoms with Crippen LogP contribution in [0.5, 0.6) is 5.75 Å². The van der Waals surface area contributed by atoms with E-state index in [4.69, 9.17) is 4.74 Å². The number of hydrogen-bond acceptors (Lipinski definition) is 8. The fourth-order valence-corrected chi connectivity index (χ4v) is 5.27. The average Bonchev–Trinajstić information content (AvgIpc) is 2.94. The molecule has 0 aliphatic carbocycles. The topological polar surface area (TPSA) is 122 Å². The van der Waals surface area contributed by atoms with Gasteiger partial charge in [0.2, 0.25) is 5.95 Å². The quantitative estimate of drug-likeness (QED) is 0.408. The van der Waals surface area contributed by atoms with Crippen molar-refractivity contribution in [3.05, 3.63) is 93.9 Å². The Balaban J connectivity index is 1.43. The third kappa shape index (κ3) is 4.35. The van der Waals surface area contributed by atoms with Crippen LogP contribution in [0.3, 0.4) is 0 Å². The number of nitrogens with one attached hydrogen (secondary N) is 2. The van der Waals surface area contributed by atoms with Crippen molar-refractivity contribution in [1.82, 2.24) is 19.9 Å². The maximum Gasteiger partial charge on any atom is 0.270 e. The number of nitrogens with zero attached hydrogens (tertiary/aromatic N) is 4. The molecule has 194 valence electrons. The van der Waals surface area contributed by atoms with E-state index in [0.29, 0.717) is 16.7 Å². The number of benzene rings is 2. The second kappa shape index (κ2) is 9.49. The normalized spacial score (nSPS) is 18.0. The van der Waals surface area contributed by atoms with Crippen molar-refractivity contribution in [3.8, 4) is 11.8 Å². The molecule has 2 aromatic heterocycles. The molecule has 0 bridgehead atoms. The highest BCUT2D eigenvalue weighted by molar-refractivity contribution is 6.03. The molecule has 2 aromatic carbocycles. The molecule has 4 aromatic rings. The van der Waals surface area contributed by atoms with Crippen LogP contribution in [0.25, 0.3) is 16.6 Å². The summed E-state index contributed by atoms with van der Waals surface area (Å²) in [5, 5.41) is 16.7. The monoisotopic (exact) mass is 518 g/mol. The van der Waals surface area contributed by atoms with E-state index in [-0.39, 0.29) is 22.9 Å². The summed E-state index contributed by atoms with van der Waals surface area (Å²) < 4.78 is 7.47. The van der Waals surface area contributed by atoms with E-state index in [1.54, 1.807) is 44.3 Å². The highest BCUT2D eigenvalue weighted by Crippen LogP contribution is 2.40. The molecule has 0 amide bonds. The first kappa shape index (κ1) is 24.5. The van der Waals surface area contributed by atoms with E-state index in [1.165, 1.54) is 16.2 Å². The number of nitriles is 1. The Bertz CT molecular complexity index is 1750. The molecule has 39 heavy (non-hydrogen) atoms. The van der Waals surface area contributed by atoms with Gasteiger partial charge in [-0.3, -0.25) is 14.2 Å². The summed E-state index contributed by atoms with van der Waals surface area (Å²) in [5.74, 6) is 0.436. The minimum Gasteiger partial charge on any atom is -0.484 e. The lowest BCUT2D eigenvalue weighted by Crippen LogP contribution is -2.50. The molecule has 2 N–H and O–H groups in total. The van der Waals surface area contributed by atoms with Crippen LogP contribution in [0.1, 0.15) is 47.8 Å². The molecule has 0 saturated heterocycles. The average molecular weight is 519 g/mol. The Hall–Kier alpha value is -4.81. The number of para-hydroxylation sites is 1. The fourth-order valence-electron chi connectivity index (χ4n) is 5.27. The predicted molar refractivity (Wildman–Crippen MR) is 148 cm³/mol. The molecule has 9 heteroatoms. The highest BCUT2D eigenvalue weighted by atomic mass is 16.5. The molecular formula is C30H26N6O3. The first-order chi connectivity index (χ1) is 18.9. The van der Waals surface area contributed by atoms with Crippen LogP contribution < -0.4 is 20.9 Å². The molecule has 2 aliphatic rings. The number of carbonyl (C=O) groups is 1. The van der Waals surface area contributed by atoms with Crippen LogP contribution in [-0.4, -0.2) is 39.0 Å². The summed E-state index contributed by atoms with van der Waals surface area (Å²) in [5.41, 5.74) is 2.07. The van der Waals surface area contributed by atoms with Crippen LogP contribution in [0.4, 0.5) is 11.6 Å². The van der Waals surface area contributed by atoms with Crippen molar-refractivity contribution >= 4 is 34.0 Å². The van der Waals surface area contributed by atoms with E-state index in [1.807, 2.05) is 30.3 Å². The largest absolute Gasteiger partial charge is 0.484 e. The summed E-state index contributed by atoms with van der Waals surface area (Å²) in [4.78, 5) is 36.4. The minimum absolute atomic E-state index is 0.0999. The number of anilines is 2. The standard InChI is InChI=1S/C30H26N6O3/c1-30(2)26(25(37)23-5-3-4-6-24(23)39-30)36-27-21(15-20(16-31)28(36)38)17-33-29(35-27)34-22-9-7-18(8-10-22)19-11-13-32-14-12-19/h3-11,15,17,26,32H,12-14H2,1-2H3,(H,33,34,35). The summed E-state index contributed by atoms with van der Waals surface area (Å²) in [6.07, 6.45) is 4.72. The van der Waals surface area contributed by atoms with Gasteiger partial charge in [-0.15, -0.1) is 0 Å². The van der Waals surface area contributed by atoms with E-state index < -0.39 is 17.2 Å². The van der Waals surface area contributed by atoms with Gasteiger partial charge in [-0.1, -0.05) is 30.3 Å². The molecule has 9 nitrogen and oxygen atoms in total. The smallest absolute Gasteiger partial charge is 0.270 e. The van der Waals surface area contributed by atoms with E-state index in [9.17, 15) is 14.9 Å². The molecule has 1 atom stereocenters. The van der Waals surface area contributed by atoms with E-state index in [2.05, 4.69) is 26.7 Å². The molecule has 4 heterocycles. The third-order valence-electron chi connectivity index (χ3n) is 7.16. The van der Waals surface area contributed by atoms with Gasteiger partial charge in [0, 0.05) is 23.8 Å². The maximum absolute atomic E-state index is 13.8. The van der Waals surface area contributed by atoms with Gasteiger partial charge in [-0.25, -0.2) is 4.98 Å². The maximum atomic E-state index is 13.8. The van der Waals surface area contributed by atoms with Crippen molar-refractivity contribution in [2.75, 3.05) is 18.4 Å². The van der Waals surface area contributed by atoms with Gasteiger partial charge < -0.3 is 15.4 Å². The Labute approximate surface area is 224 Å². The molecule has 1 unspecified atom stereocenters. The Kier molecular flexibility index (Phi) is 5.97. The zero-order valence-corrected chi connectivity index (χ0v) is 21.6. The highest BCUT2D eigenvalue weighted by Gasteiger charge is 2.46. The number of Topliss-reactive ketones (excluding diaryl/α,β-unsaturated/α-hetero) is 1. The first-order valence-electron chi connectivity index (χ1n) is 12.8. The number of aromatic nitrogens is 3. The van der Waals surface area contributed by atoms with Gasteiger partial charge >= 0.3 is 0 Å². The number of hydrogen-bond donors (Lipinski definition) is 2. The number of ether oxygens (including phenoxy) is 1. The molecule has 0 spiro atoms. The summed E-state index contributed by atoms with van der Waals surface area (Å²) in [7, 11) is 0. The van der Waals surface area contributed by atoms with Crippen molar-refractivity contribution < 1.29 is 9.53 Å². The lowest BCUT2D eigenvalue weighted by atomic mass is 9.87. The zero-order chi connectivity index (χ0) is 27.1. The summed E-state index contributed by atoms with van der Waals surface area (Å²) in [6, 6.07) is 17.3. The van der Waals surface area contributed by atoms with Crippen molar-refractivity contribution in [1.29, 1.82) is 5.26 Å². The molecular weight excluding hydrogens is 492 g/mol. The number of rotatable bonds is 4. The van der Waals surface area contributed by atoms with E-state index in [0.717, 1.165) is 30.8 Å². The van der Waals surface area contributed by atoms with Crippen molar-refractivity contribution in [3.63, 3.8) is 0 Å². The molecule has 0 radical (unpaired) electrons. The van der Waals surface area contributed by atoms with Gasteiger partial charge in [0.15, 0.2) is 5.78 Å². The van der Waals surface area contributed by atoms with Gasteiger partial charge in [0.25, 0.3) is 5.56 Å². The number of fused-ring (bicyclic) bond motifs is 2. The summed E-state index contributed by atoms with van der Waals surface area (Å²) >= 11 is 0. The first-order valence-corrected chi connectivity index (χ1v) is 12.8. The zero-order valence-electron chi connectivity index (χ0n) is 21.6. The number of ketones is 1. The van der Waals surface area contributed by atoms with Crippen LogP contribution >= 0.6 is 0 Å². The minimum atomic E-state index is -1.09. The lowest BCUT2D eigenvalue weighted by molar-refractivity contribution is 0.0304. The van der Waals surface area contributed by atoms with Crippen molar-refractivity contribution in [2.45, 2.75) is 31.9 Å². The molecule has 6 rings (SSSR count). The SMILES string of the molecule is CC1(C)Oc2ccccc2C(=O)C1n1c(=O)c(C#N)cc2cnc(Nc3ccc(C4=CCNCC4)cc3)nc21. The van der Waals surface area contributed by atoms with Crippen LogP contribution in [-0.2, 0) is 0 Å². The van der Waals surface area contributed by atoms with Crippen LogP contribution in [0, 0.1) is 11.3 Å². The lowest BCUT2D eigenvalue weighted by Gasteiger charge is -2.39. The van der Waals surface area contributed by atoms with Gasteiger partial charge in [0.1, 0.15) is 34.7 Å². The Morgan fingerprint density at radius 1 is 1.15 bits per heavy atom. The molecule has 0 fully saturated rings. The third-order valence-corrected chi connectivity index (χ3v) is 7.16. The molecule has 2 aliphatic heterocycles. The molecule has 0 saturated carbocycles. The Morgan fingerprint density at radius 2 is 1.95 bits per heavy atom. The second-order valence-electron chi connectivity index (χ2n) is 10.2. The van der Waals surface area contributed by atoms with Crippen molar-refractivity contribution in [2.24, 2.45) is 0 Å². The predicted octanol–water partition coefficient (Wildman–Crippen LogP) is 4.38. The van der Waals surface area contributed by atoms with Gasteiger partial charge in [0.05, 0.1) is 5.56 Å². The van der Waals surface area contributed by atoms with E-state index >= 15 is 0 Å². The Morgan fingerprint density at radius 3 is 2.69 bits per heavy atom. The number of carbonyl (C=O) groups excluding carboxylic acids is 1. The van der Waals surface area contributed by atoms with Crippen LogP contribution in [0.15, 0.2) is 71.7 Å². The van der Waals surface area contributed by atoms with Crippen LogP contribution in [0.2, 0.25) is 0 Å². The van der Waals surface area contributed by atoms with Gasteiger partial charge in [-0.05, 0) is 68.3 Å². The second-order valence-corrected chi connectivity index (χ2v) is 10.2. The number of pyridine rings is 1. The summed E-state index contributed by atoms with van der Waals surface area (Å²) in [6.45, 7) is 5.33. The van der Waals surface area contributed by atoms with Gasteiger partial charge in [-0.2, -0.15) is 10.2 Å².